The number of benzene rings is 4. The van der Waals surface area contributed by atoms with E-state index in [9.17, 15) is 0 Å². The van der Waals surface area contributed by atoms with E-state index in [2.05, 4.69) is 99.8 Å². The summed E-state index contributed by atoms with van der Waals surface area (Å²) in [5, 5.41) is 2.64. The van der Waals surface area contributed by atoms with Crippen molar-refractivity contribution in [1.29, 1.82) is 0 Å². The van der Waals surface area contributed by atoms with E-state index in [1.54, 1.807) is 6.20 Å². The largest absolute Gasteiger partial charge is 0.293 e. The summed E-state index contributed by atoms with van der Waals surface area (Å²) in [6.45, 7) is 0. The van der Waals surface area contributed by atoms with Gasteiger partial charge in [-0.3, -0.25) is 9.88 Å². The van der Waals surface area contributed by atoms with Gasteiger partial charge in [-0.2, -0.15) is 0 Å². The zero-order chi connectivity index (χ0) is 23.2. The van der Waals surface area contributed by atoms with Gasteiger partial charge in [0, 0.05) is 18.1 Å². The molecular weight excluding hydrogens is 426 g/mol. The van der Waals surface area contributed by atoms with Gasteiger partial charge in [-0.1, -0.05) is 72.8 Å². The van der Waals surface area contributed by atoms with Gasteiger partial charge in [0.05, 0.1) is 11.9 Å². The summed E-state index contributed by atoms with van der Waals surface area (Å²) in [5.41, 5.74) is 9.75. The maximum atomic E-state index is 4.60. The highest BCUT2D eigenvalue weighted by atomic mass is 15.2. The summed E-state index contributed by atoms with van der Waals surface area (Å²) in [6.07, 6.45) is 5.47. The second-order valence-electron chi connectivity index (χ2n) is 8.72. The molecule has 0 spiro atoms. The molecule has 1 aliphatic rings. The first-order chi connectivity index (χ1) is 17.4. The Kier molecular flexibility index (Phi) is 4.46. The molecule has 35 heavy (non-hydrogen) atoms. The molecule has 3 nitrogen and oxygen atoms in total. The third-order valence-electron chi connectivity index (χ3n) is 6.77. The molecule has 2 aromatic heterocycles. The molecule has 0 radical (unpaired) electrons. The van der Waals surface area contributed by atoms with Crippen LogP contribution in [0.15, 0.2) is 128 Å². The SMILES string of the molecule is c1ccc(N(c2ccc(-c3ccc4c5c(cccc35)-c3ccccc3-4)cc2)c2cccnc2)nc1. The van der Waals surface area contributed by atoms with Crippen LogP contribution in [-0.4, -0.2) is 9.97 Å². The van der Waals surface area contributed by atoms with Crippen LogP contribution in [0.2, 0.25) is 0 Å². The van der Waals surface area contributed by atoms with Crippen LogP contribution in [-0.2, 0) is 0 Å². The zero-order valence-corrected chi connectivity index (χ0v) is 19.0. The van der Waals surface area contributed by atoms with Crippen LogP contribution in [0.3, 0.4) is 0 Å². The second-order valence-corrected chi connectivity index (χ2v) is 8.72. The van der Waals surface area contributed by atoms with E-state index in [-0.39, 0.29) is 0 Å². The van der Waals surface area contributed by atoms with E-state index in [1.165, 1.54) is 44.2 Å². The lowest BCUT2D eigenvalue weighted by Gasteiger charge is -2.24. The molecule has 7 rings (SSSR count). The highest BCUT2D eigenvalue weighted by Crippen LogP contribution is 2.49. The Morgan fingerprint density at radius 1 is 0.486 bits per heavy atom. The molecule has 0 amide bonds. The van der Waals surface area contributed by atoms with Crippen molar-refractivity contribution >= 4 is 28.0 Å². The van der Waals surface area contributed by atoms with E-state index in [0.29, 0.717) is 0 Å². The van der Waals surface area contributed by atoms with E-state index >= 15 is 0 Å². The Hall–Kier alpha value is -4.76. The molecule has 0 aliphatic heterocycles. The van der Waals surface area contributed by atoms with Gasteiger partial charge in [-0.25, -0.2) is 4.98 Å². The Balaban J connectivity index is 1.34. The summed E-state index contributed by atoms with van der Waals surface area (Å²) in [7, 11) is 0. The number of hydrogen-bond donors (Lipinski definition) is 0. The molecule has 0 unspecified atom stereocenters. The molecule has 0 N–H and O–H groups in total. The van der Waals surface area contributed by atoms with Crippen LogP contribution in [0.1, 0.15) is 0 Å². The van der Waals surface area contributed by atoms with Gasteiger partial charge >= 0.3 is 0 Å². The molecule has 1 aliphatic carbocycles. The Labute approximate surface area is 204 Å². The van der Waals surface area contributed by atoms with E-state index in [0.717, 1.165) is 17.2 Å². The van der Waals surface area contributed by atoms with Crippen LogP contribution in [0, 0.1) is 0 Å². The smallest absolute Gasteiger partial charge is 0.137 e. The first kappa shape index (κ1) is 19.7. The highest BCUT2D eigenvalue weighted by molar-refractivity contribution is 6.18. The van der Waals surface area contributed by atoms with Gasteiger partial charge in [0.15, 0.2) is 0 Å². The maximum absolute atomic E-state index is 4.60. The number of rotatable bonds is 4. The van der Waals surface area contributed by atoms with Crippen molar-refractivity contribution in [1.82, 2.24) is 9.97 Å². The third kappa shape index (κ3) is 3.13. The number of fused-ring (bicyclic) bond motifs is 3. The predicted octanol–water partition coefficient (Wildman–Crippen LogP) is 8.41. The van der Waals surface area contributed by atoms with Gasteiger partial charge in [0.2, 0.25) is 0 Å². The van der Waals surface area contributed by atoms with Crippen molar-refractivity contribution in [2.45, 2.75) is 0 Å². The molecule has 0 saturated heterocycles. The van der Waals surface area contributed by atoms with Crippen LogP contribution >= 0.6 is 0 Å². The first-order valence-electron chi connectivity index (χ1n) is 11.8. The molecule has 6 aromatic rings. The minimum atomic E-state index is 0.858. The first-order valence-corrected chi connectivity index (χ1v) is 11.8. The topological polar surface area (TPSA) is 29.0 Å². The number of pyridine rings is 2. The van der Waals surface area contributed by atoms with Gasteiger partial charge in [-0.05, 0) is 80.6 Å². The molecule has 3 heteroatoms. The average molecular weight is 448 g/mol. The lowest BCUT2D eigenvalue weighted by Crippen LogP contribution is -2.11. The van der Waals surface area contributed by atoms with Crippen molar-refractivity contribution in [2.24, 2.45) is 0 Å². The van der Waals surface area contributed by atoms with Crippen molar-refractivity contribution in [3.63, 3.8) is 0 Å². The molecule has 0 atom stereocenters. The Bertz CT molecular complexity index is 1610. The molecular formula is C32H21N3. The van der Waals surface area contributed by atoms with E-state index in [4.69, 9.17) is 0 Å². The van der Waals surface area contributed by atoms with Crippen molar-refractivity contribution < 1.29 is 0 Å². The Morgan fingerprint density at radius 2 is 1.23 bits per heavy atom. The van der Waals surface area contributed by atoms with Crippen molar-refractivity contribution in [2.75, 3.05) is 4.90 Å². The predicted molar refractivity (Wildman–Crippen MR) is 144 cm³/mol. The summed E-state index contributed by atoms with van der Waals surface area (Å²) < 4.78 is 0. The second kappa shape index (κ2) is 7.93. The monoisotopic (exact) mass is 447 g/mol. The number of hydrogen-bond acceptors (Lipinski definition) is 3. The molecule has 0 bridgehead atoms. The minimum absolute atomic E-state index is 0.858. The van der Waals surface area contributed by atoms with E-state index < -0.39 is 0 Å². The standard InChI is InChI=1S/C32H21N3/c1-2-9-27-26(8-1)29-11-5-10-28-25(17-18-30(27)32(28)29)22-13-15-23(16-14-22)35(24-7-6-19-33-21-24)31-12-3-4-20-34-31/h1-21H. The van der Waals surface area contributed by atoms with Gasteiger partial charge in [0.1, 0.15) is 5.82 Å². The van der Waals surface area contributed by atoms with Crippen LogP contribution in [0.4, 0.5) is 17.2 Å². The van der Waals surface area contributed by atoms with Crippen LogP contribution in [0.5, 0.6) is 0 Å². The van der Waals surface area contributed by atoms with Crippen LogP contribution < -0.4 is 4.90 Å². The van der Waals surface area contributed by atoms with E-state index in [1.807, 2.05) is 36.7 Å². The molecule has 164 valence electrons. The normalized spacial score (nSPS) is 11.4. The Morgan fingerprint density at radius 3 is 1.97 bits per heavy atom. The van der Waals surface area contributed by atoms with Gasteiger partial charge in [-0.15, -0.1) is 0 Å². The van der Waals surface area contributed by atoms with Crippen molar-refractivity contribution in [3.8, 4) is 33.4 Å². The summed E-state index contributed by atoms with van der Waals surface area (Å²) in [5.74, 6) is 0.858. The third-order valence-corrected chi connectivity index (χ3v) is 6.77. The average Bonchev–Trinajstić information content (AvgIpc) is 3.26. The van der Waals surface area contributed by atoms with Gasteiger partial charge < -0.3 is 0 Å². The fourth-order valence-corrected chi connectivity index (χ4v) is 5.24. The lowest BCUT2D eigenvalue weighted by molar-refractivity contribution is 1.16. The summed E-state index contributed by atoms with van der Waals surface area (Å²) in [6, 6.07) is 38.6. The van der Waals surface area contributed by atoms with Crippen LogP contribution in [0.25, 0.3) is 44.2 Å². The zero-order valence-electron chi connectivity index (χ0n) is 19.0. The quantitative estimate of drug-likeness (QED) is 0.271. The summed E-state index contributed by atoms with van der Waals surface area (Å²) in [4.78, 5) is 11.0. The van der Waals surface area contributed by atoms with Gasteiger partial charge in [0.25, 0.3) is 0 Å². The van der Waals surface area contributed by atoms with Crippen molar-refractivity contribution in [3.05, 3.63) is 128 Å². The molecule has 4 aromatic carbocycles. The number of nitrogens with zero attached hydrogens (tertiary/aromatic N) is 3. The number of anilines is 3. The minimum Gasteiger partial charge on any atom is -0.293 e. The maximum Gasteiger partial charge on any atom is 0.137 e. The molecule has 0 saturated carbocycles. The fourth-order valence-electron chi connectivity index (χ4n) is 5.24. The number of aromatic nitrogens is 2. The lowest BCUT2D eigenvalue weighted by atomic mass is 9.94. The highest BCUT2D eigenvalue weighted by Gasteiger charge is 2.22. The molecule has 0 fully saturated rings. The molecule has 2 heterocycles. The fraction of sp³-hybridized carbons (Fsp3) is 0. The summed E-state index contributed by atoms with van der Waals surface area (Å²) >= 11 is 0.